The highest BCUT2D eigenvalue weighted by molar-refractivity contribution is 6.25. The first-order valence-electron chi connectivity index (χ1n) is 24.8. The number of anilines is 6. The summed E-state index contributed by atoms with van der Waals surface area (Å²) < 4.78 is 0. The molecule has 0 amide bonds. The molecule has 0 heterocycles. The molecule has 0 fully saturated rings. The number of rotatable bonds is 8. The minimum Gasteiger partial charge on any atom is -0.310 e. The Kier molecular flexibility index (Phi) is 9.89. The van der Waals surface area contributed by atoms with Crippen LogP contribution in [0.3, 0.4) is 0 Å². The van der Waals surface area contributed by atoms with Crippen molar-refractivity contribution in [1.29, 1.82) is 0 Å². The third-order valence-corrected chi connectivity index (χ3v) is 14.7. The summed E-state index contributed by atoms with van der Waals surface area (Å²) in [6, 6.07) is 103. The Hall–Kier alpha value is -9.50. The lowest BCUT2D eigenvalue weighted by Crippen LogP contribution is -2.10. The molecule has 14 aromatic carbocycles. The van der Waals surface area contributed by atoms with E-state index in [0.717, 1.165) is 34.1 Å². The van der Waals surface area contributed by atoms with Crippen LogP contribution < -0.4 is 9.80 Å². The van der Waals surface area contributed by atoms with Crippen molar-refractivity contribution < 1.29 is 0 Å². The smallest absolute Gasteiger partial charge is 0.0468 e. The Morgan fingerprint density at radius 3 is 0.972 bits per heavy atom. The molecule has 0 aliphatic heterocycles. The maximum atomic E-state index is 2.45. The maximum absolute atomic E-state index is 2.45. The second-order valence-electron chi connectivity index (χ2n) is 18.9. The van der Waals surface area contributed by atoms with Crippen molar-refractivity contribution in [2.75, 3.05) is 9.80 Å². The minimum absolute atomic E-state index is 1.09. The van der Waals surface area contributed by atoms with Gasteiger partial charge in [-0.2, -0.15) is 0 Å². The summed E-state index contributed by atoms with van der Waals surface area (Å²) >= 11 is 0. The number of hydrogen-bond donors (Lipinski definition) is 0. The van der Waals surface area contributed by atoms with Crippen molar-refractivity contribution in [3.63, 3.8) is 0 Å². The monoisotopic (exact) mass is 914 g/mol. The van der Waals surface area contributed by atoms with Gasteiger partial charge < -0.3 is 9.80 Å². The van der Waals surface area contributed by atoms with Gasteiger partial charge in [0.15, 0.2) is 0 Å². The second-order valence-corrected chi connectivity index (χ2v) is 18.9. The SMILES string of the molecule is c1ccc(-c2c3cc(N(c4ccc5ccccc5c4)c4ccc5ccccc5c4)ccc3c(-c3cccc4ccccc34)c3cc(N(c4ccc5ccccc5c4)c4ccc5ccccc5c4)ccc23)cc1. The highest BCUT2D eigenvalue weighted by Gasteiger charge is 2.23. The second kappa shape index (κ2) is 17.2. The van der Waals surface area contributed by atoms with Gasteiger partial charge in [0.1, 0.15) is 0 Å². The molecule has 14 rings (SSSR count). The van der Waals surface area contributed by atoms with E-state index in [1.54, 1.807) is 0 Å². The zero-order valence-electron chi connectivity index (χ0n) is 39.5. The molecule has 0 saturated heterocycles. The first-order chi connectivity index (χ1) is 35.7. The molecule has 0 unspecified atom stereocenters. The zero-order chi connectivity index (χ0) is 47.5. The number of hydrogen-bond acceptors (Lipinski definition) is 2. The lowest BCUT2D eigenvalue weighted by atomic mass is 9.84. The summed E-state index contributed by atoms with van der Waals surface area (Å²) in [7, 11) is 0. The largest absolute Gasteiger partial charge is 0.310 e. The highest BCUT2D eigenvalue weighted by Crippen LogP contribution is 2.50. The number of fused-ring (bicyclic) bond motifs is 7. The van der Waals surface area contributed by atoms with Gasteiger partial charge in [-0.3, -0.25) is 0 Å². The normalized spacial score (nSPS) is 11.6. The van der Waals surface area contributed by atoms with Crippen molar-refractivity contribution in [3.05, 3.63) is 279 Å². The molecule has 0 spiro atoms. The molecule has 0 aliphatic carbocycles. The van der Waals surface area contributed by atoms with Crippen molar-refractivity contribution in [2.24, 2.45) is 0 Å². The topological polar surface area (TPSA) is 6.48 Å². The first-order valence-corrected chi connectivity index (χ1v) is 24.8. The number of nitrogens with zero attached hydrogens (tertiary/aromatic N) is 2. The fourth-order valence-corrected chi connectivity index (χ4v) is 11.3. The Morgan fingerprint density at radius 2 is 0.514 bits per heavy atom. The van der Waals surface area contributed by atoms with Crippen LogP contribution in [0, 0.1) is 0 Å². The first kappa shape index (κ1) is 41.5. The van der Waals surface area contributed by atoms with Crippen molar-refractivity contribution >= 4 is 110 Å². The van der Waals surface area contributed by atoms with Gasteiger partial charge in [-0.15, -0.1) is 0 Å². The van der Waals surface area contributed by atoms with Crippen LogP contribution in [0.4, 0.5) is 34.1 Å². The maximum Gasteiger partial charge on any atom is 0.0468 e. The molecular weight excluding hydrogens is 869 g/mol. The Bertz CT molecular complexity index is 4260. The summed E-state index contributed by atoms with van der Waals surface area (Å²) in [5.41, 5.74) is 11.4. The molecule has 0 N–H and O–H groups in total. The van der Waals surface area contributed by atoms with Crippen molar-refractivity contribution in [1.82, 2.24) is 0 Å². The lowest BCUT2D eigenvalue weighted by molar-refractivity contribution is 1.30. The fourth-order valence-electron chi connectivity index (χ4n) is 11.3. The molecule has 0 aromatic heterocycles. The van der Waals surface area contributed by atoms with Gasteiger partial charge in [0, 0.05) is 34.1 Å². The van der Waals surface area contributed by atoms with Crippen LogP contribution in [-0.2, 0) is 0 Å². The van der Waals surface area contributed by atoms with Crippen LogP contribution in [-0.4, -0.2) is 0 Å². The molecule has 2 heteroatoms. The molecule has 0 aliphatic rings. The molecular formula is C70H46N2. The quantitative estimate of drug-likeness (QED) is 0.140. The molecule has 336 valence electrons. The van der Waals surface area contributed by atoms with Gasteiger partial charge in [0.25, 0.3) is 0 Å². The predicted octanol–water partition coefficient (Wildman–Crippen LogP) is 20.0. The van der Waals surface area contributed by atoms with Gasteiger partial charge >= 0.3 is 0 Å². The van der Waals surface area contributed by atoms with Crippen LogP contribution in [0.5, 0.6) is 0 Å². The van der Waals surface area contributed by atoms with Gasteiger partial charge in [-0.1, -0.05) is 206 Å². The van der Waals surface area contributed by atoms with Crippen LogP contribution in [0.25, 0.3) is 97.7 Å². The minimum atomic E-state index is 1.09. The molecule has 0 atom stereocenters. The van der Waals surface area contributed by atoms with Crippen LogP contribution in [0.15, 0.2) is 279 Å². The van der Waals surface area contributed by atoms with Crippen molar-refractivity contribution in [3.8, 4) is 22.3 Å². The Labute approximate surface area is 418 Å². The van der Waals surface area contributed by atoms with Gasteiger partial charge in [0.2, 0.25) is 0 Å². The van der Waals surface area contributed by atoms with Crippen LogP contribution in [0.2, 0.25) is 0 Å². The van der Waals surface area contributed by atoms with E-state index in [-0.39, 0.29) is 0 Å². The highest BCUT2D eigenvalue weighted by atomic mass is 15.1. The Morgan fingerprint density at radius 1 is 0.181 bits per heavy atom. The summed E-state index contributed by atoms with van der Waals surface area (Å²) in [6.07, 6.45) is 0. The van der Waals surface area contributed by atoms with E-state index < -0.39 is 0 Å². The molecule has 0 bridgehead atoms. The summed E-state index contributed by atoms with van der Waals surface area (Å²) in [5, 5.41) is 16.9. The third kappa shape index (κ3) is 7.12. The van der Waals surface area contributed by atoms with E-state index in [1.807, 2.05) is 0 Å². The number of benzene rings is 14. The average Bonchev–Trinajstić information content (AvgIpc) is 3.44. The predicted molar refractivity (Wildman–Crippen MR) is 309 cm³/mol. The molecule has 0 radical (unpaired) electrons. The fraction of sp³-hybridized carbons (Fsp3) is 0. The van der Waals surface area contributed by atoms with Crippen LogP contribution >= 0.6 is 0 Å². The van der Waals surface area contributed by atoms with E-state index in [4.69, 9.17) is 0 Å². The van der Waals surface area contributed by atoms with E-state index in [2.05, 4.69) is 289 Å². The standard InChI is InChI=1S/C70H46N2/c1-2-20-52(21-3-1)69-65-39-37-62(72(59-35-31-49-17-6-10-24-55(49)43-59)60-36-32-50-18-7-11-25-56(50)44-60)46-68(65)70(64-28-14-26-51-19-12-13-27-63(51)64)66-40-38-61(45-67(66)69)71(57-33-29-47-15-4-8-22-53(47)41-57)58-34-30-48-16-5-9-23-54(48)42-58/h1-46H. The summed E-state index contributed by atoms with van der Waals surface area (Å²) in [5.74, 6) is 0. The molecule has 72 heavy (non-hydrogen) atoms. The molecule has 14 aromatic rings. The summed E-state index contributed by atoms with van der Waals surface area (Å²) in [4.78, 5) is 4.87. The Balaban J connectivity index is 1.08. The third-order valence-electron chi connectivity index (χ3n) is 14.7. The molecule has 2 nitrogen and oxygen atoms in total. The van der Waals surface area contributed by atoms with E-state index in [9.17, 15) is 0 Å². The van der Waals surface area contributed by atoms with E-state index in [1.165, 1.54) is 97.7 Å². The van der Waals surface area contributed by atoms with Gasteiger partial charge in [-0.25, -0.2) is 0 Å². The van der Waals surface area contributed by atoms with Gasteiger partial charge in [-0.05, 0) is 170 Å². The zero-order valence-corrected chi connectivity index (χ0v) is 39.5. The van der Waals surface area contributed by atoms with Crippen molar-refractivity contribution in [2.45, 2.75) is 0 Å². The lowest BCUT2D eigenvalue weighted by Gasteiger charge is -2.29. The average molecular weight is 915 g/mol. The molecule has 0 saturated carbocycles. The van der Waals surface area contributed by atoms with Crippen LogP contribution in [0.1, 0.15) is 0 Å². The summed E-state index contributed by atoms with van der Waals surface area (Å²) in [6.45, 7) is 0. The van der Waals surface area contributed by atoms with E-state index >= 15 is 0 Å². The van der Waals surface area contributed by atoms with E-state index in [0.29, 0.717) is 0 Å². The van der Waals surface area contributed by atoms with Gasteiger partial charge in [0.05, 0.1) is 0 Å².